The van der Waals surface area contributed by atoms with Gasteiger partial charge in [-0.3, -0.25) is 4.79 Å². The molecule has 0 saturated heterocycles. The van der Waals surface area contributed by atoms with E-state index in [2.05, 4.69) is 26.5 Å². The molecule has 2 aromatic carbocycles. The van der Waals surface area contributed by atoms with Crippen molar-refractivity contribution in [2.24, 2.45) is 5.10 Å². The van der Waals surface area contributed by atoms with Gasteiger partial charge >= 0.3 is 0 Å². The largest absolute Gasteiger partial charge is 0.484 e. The zero-order valence-electron chi connectivity index (χ0n) is 11.8. The van der Waals surface area contributed by atoms with Gasteiger partial charge in [-0.1, -0.05) is 58.4 Å². The second kappa shape index (κ2) is 8.79. The lowest BCUT2D eigenvalue weighted by Crippen LogP contribution is -2.24. The number of amides is 1. The maximum Gasteiger partial charge on any atom is 0.277 e. The van der Waals surface area contributed by atoms with Gasteiger partial charge in [0.15, 0.2) is 6.61 Å². The summed E-state index contributed by atoms with van der Waals surface area (Å²) in [5.41, 5.74) is 3.46. The molecule has 2 aromatic rings. The topological polar surface area (TPSA) is 50.7 Å². The van der Waals surface area contributed by atoms with Crippen LogP contribution in [0.15, 0.2) is 70.2 Å². The third kappa shape index (κ3) is 5.93. The summed E-state index contributed by atoms with van der Waals surface area (Å²) in [6, 6.07) is 17.1. The molecule has 0 aromatic heterocycles. The molecule has 0 aliphatic rings. The average Bonchev–Trinajstić information content (AvgIpc) is 2.54. The Kier molecular flexibility index (Phi) is 6.39. The third-order valence-electron chi connectivity index (χ3n) is 2.60. The smallest absolute Gasteiger partial charge is 0.277 e. The van der Waals surface area contributed by atoms with Gasteiger partial charge in [0.1, 0.15) is 5.75 Å². The van der Waals surface area contributed by atoms with E-state index < -0.39 is 0 Å². The minimum atomic E-state index is -0.315. The normalized spacial score (nSPS) is 11.0. The molecule has 0 atom stereocenters. The molecule has 1 N–H and O–H groups in total. The van der Waals surface area contributed by atoms with E-state index >= 15 is 0 Å². The Morgan fingerprint density at radius 2 is 2.00 bits per heavy atom. The Balaban J connectivity index is 1.71. The number of hydrogen-bond acceptors (Lipinski definition) is 3. The fourth-order valence-corrected chi connectivity index (χ4v) is 1.99. The number of carbonyl (C=O) groups is 1. The number of hydrazone groups is 1. The first kappa shape index (κ1) is 16.0. The fraction of sp³-hybridized carbons (Fsp3) is 0.0588. The van der Waals surface area contributed by atoms with Crippen molar-refractivity contribution in [1.82, 2.24) is 5.43 Å². The SMILES string of the molecule is O=C(COc1cccc(Br)c1)NN=CC=Cc1ccccc1. The second-order valence-electron chi connectivity index (χ2n) is 4.33. The maximum atomic E-state index is 11.5. The summed E-state index contributed by atoms with van der Waals surface area (Å²) < 4.78 is 6.24. The first-order valence-corrected chi connectivity index (χ1v) is 7.45. The van der Waals surface area contributed by atoms with Crippen LogP contribution in [0, 0.1) is 0 Å². The molecule has 0 aliphatic heterocycles. The van der Waals surface area contributed by atoms with Crippen LogP contribution in [0.3, 0.4) is 0 Å². The summed E-state index contributed by atoms with van der Waals surface area (Å²) in [5.74, 6) is 0.307. The van der Waals surface area contributed by atoms with Crippen LogP contribution < -0.4 is 10.2 Å². The molecule has 4 nitrogen and oxygen atoms in total. The zero-order valence-corrected chi connectivity index (χ0v) is 13.4. The molecule has 0 spiro atoms. The highest BCUT2D eigenvalue weighted by molar-refractivity contribution is 9.10. The van der Waals surface area contributed by atoms with Crippen molar-refractivity contribution in [3.63, 3.8) is 0 Å². The van der Waals surface area contributed by atoms with E-state index in [9.17, 15) is 4.79 Å². The number of benzene rings is 2. The molecule has 0 fully saturated rings. The molecular weight excluding hydrogens is 344 g/mol. The number of halogens is 1. The quantitative estimate of drug-likeness (QED) is 0.632. The summed E-state index contributed by atoms with van der Waals surface area (Å²) in [5, 5.41) is 3.82. The zero-order chi connectivity index (χ0) is 15.6. The Hall–Kier alpha value is -2.40. The van der Waals surface area contributed by atoms with E-state index in [1.54, 1.807) is 18.2 Å². The van der Waals surface area contributed by atoms with Gasteiger partial charge in [0.05, 0.1) is 0 Å². The Morgan fingerprint density at radius 1 is 1.18 bits per heavy atom. The molecular formula is C17H15BrN2O2. The highest BCUT2D eigenvalue weighted by atomic mass is 79.9. The third-order valence-corrected chi connectivity index (χ3v) is 3.10. The molecule has 0 saturated carbocycles. The number of rotatable bonds is 6. The first-order chi connectivity index (χ1) is 10.7. The van der Waals surface area contributed by atoms with Crippen LogP contribution in [0.25, 0.3) is 6.08 Å². The van der Waals surface area contributed by atoms with Crippen molar-refractivity contribution < 1.29 is 9.53 Å². The summed E-state index contributed by atoms with van der Waals surface area (Å²) in [6.45, 7) is -0.0871. The molecule has 112 valence electrons. The molecule has 0 radical (unpaired) electrons. The van der Waals surface area contributed by atoms with E-state index in [1.807, 2.05) is 48.5 Å². The Bertz CT molecular complexity index is 669. The van der Waals surface area contributed by atoms with E-state index in [1.165, 1.54) is 6.21 Å². The summed E-state index contributed by atoms with van der Waals surface area (Å²) in [4.78, 5) is 11.5. The summed E-state index contributed by atoms with van der Waals surface area (Å²) >= 11 is 3.34. The van der Waals surface area contributed by atoms with Gasteiger partial charge < -0.3 is 4.74 Å². The minimum absolute atomic E-state index is 0.0871. The van der Waals surface area contributed by atoms with E-state index in [0.717, 1.165) is 10.0 Å². The molecule has 1 amide bonds. The lowest BCUT2D eigenvalue weighted by Gasteiger charge is -2.04. The van der Waals surface area contributed by atoms with Crippen LogP contribution in [-0.4, -0.2) is 18.7 Å². The Morgan fingerprint density at radius 3 is 2.77 bits per heavy atom. The molecule has 0 bridgehead atoms. The van der Waals surface area contributed by atoms with Crippen molar-refractivity contribution in [2.75, 3.05) is 6.61 Å². The Labute approximate surface area is 137 Å². The van der Waals surface area contributed by atoms with Crippen molar-refractivity contribution in [3.05, 3.63) is 70.7 Å². The number of carbonyl (C=O) groups excluding carboxylic acids is 1. The van der Waals surface area contributed by atoms with Crippen molar-refractivity contribution in [2.45, 2.75) is 0 Å². The summed E-state index contributed by atoms with van der Waals surface area (Å²) in [6.07, 6.45) is 5.17. The van der Waals surface area contributed by atoms with Gasteiger partial charge in [0.25, 0.3) is 5.91 Å². The molecule has 0 aliphatic carbocycles. The lowest BCUT2D eigenvalue weighted by molar-refractivity contribution is -0.123. The summed E-state index contributed by atoms with van der Waals surface area (Å²) in [7, 11) is 0. The number of hydrogen-bond donors (Lipinski definition) is 1. The predicted octanol–water partition coefficient (Wildman–Crippen LogP) is 3.64. The molecule has 0 heterocycles. The second-order valence-corrected chi connectivity index (χ2v) is 5.24. The molecule has 5 heteroatoms. The highest BCUT2D eigenvalue weighted by Crippen LogP contribution is 2.17. The van der Waals surface area contributed by atoms with E-state index in [0.29, 0.717) is 5.75 Å². The number of nitrogens with one attached hydrogen (secondary N) is 1. The fourth-order valence-electron chi connectivity index (χ4n) is 1.61. The highest BCUT2D eigenvalue weighted by Gasteiger charge is 2.01. The van der Waals surface area contributed by atoms with Crippen LogP contribution >= 0.6 is 15.9 Å². The van der Waals surface area contributed by atoms with Crippen molar-refractivity contribution >= 4 is 34.1 Å². The van der Waals surface area contributed by atoms with Gasteiger partial charge in [0.2, 0.25) is 0 Å². The van der Waals surface area contributed by atoms with Gasteiger partial charge in [-0.15, -0.1) is 0 Å². The van der Waals surface area contributed by atoms with Gasteiger partial charge in [-0.25, -0.2) is 5.43 Å². The van der Waals surface area contributed by atoms with E-state index in [4.69, 9.17) is 4.74 Å². The number of allylic oxidation sites excluding steroid dienone is 1. The monoisotopic (exact) mass is 358 g/mol. The van der Waals surface area contributed by atoms with Crippen molar-refractivity contribution in [3.8, 4) is 5.75 Å². The van der Waals surface area contributed by atoms with Crippen LogP contribution in [0.1, 0.15) is 5.56 Å². The van der Waals surface area contributed by atoms with Gasteiger partial charge in [-0.05, 0) is 29.8 Å². The first-order valence-electron chi connectivity index (χ1n) is 6.66. The predicted molar refractivity (Wildman–Crippen MR) is 91.7 cm³/mol. The molecule has 22 heavy (non-hydrogen) atoms. The number of nitrogens with zero attached hydrogens (tertiary/aromatic N) is 1. The van der Waals surface area contributed by atoms with Gasteiger partial charge in [-0.2, -0.15) is 5.10 Å². The lowest BCUT2D eigenvalue weighted by atomic mass is 10.2. The standard InChI is InChI=1S/C17H15BrN2O2/c18-15-9-4-10-16(12-15)22-13-17(21)20-19-11-5-8-14-6-2-1-3-7-14/h1-12H,13H2,(H,20,21). The average molecular weight is 359 g/mol. The van der Waals surface area contributed by atoms with E-state index in [-0.39, 0.29) is 12.5 Å². The molecule has 0 unspecified atom stereocenters. The van der Waals surface area contributed by atoms with Crippen LogP contribution in [-0.2, 0) is 4.79 Å². The van der Waals surface area contributed by atoms with Crippen LogP contribution in [0.5, 0.6) is 5.75 Å². The van der Waals surface area contributed by atoms with Gasteiger partial charge in [0, 0.05) is 10.7 Å². The minimum Gasteiger partial charge on any atom is -0.484 e. The maximum absolute atomic E-state index is 11.5. The molecule has 2 rings (SSSR count). The van der Waals surface area contributed by atoms with Crippen LogP contribution in [0.2, 0.25) is 0 Å². The van der Waals surface area contributed by atoms with Crippen molar-refractivity contribution in [1.29, 1.82) is 0 Å². The van der Waals surface area contributed by atoms with Crippen LogP contribution in [0.4, 0.5) is 0 Å². The number of ether oxygens (including phenoxy) is 1.